The van der Waals surface area contributed by atoms with Crippen molar-refractivity contribution < 1.29 is 27.9 Å². The van der Waals surface area contributed by atoms with Crippen molar-refractivity contribution in [3.8, 4) is 5.75 Å². The van der Waals surface area contributed by atoms with E-state index in [1.807, 2.05) is 0 Å². The van der Waals surface area contributed by atoms with E-state index in [0.717, 1.165) is 0 Å². The molecule has 0 atom stereocenters. The molecular formula is C10H11NO6S. The van der Waals surface area contributed by atoms with E-state index in [-0.39, 0.29) is 5.56 Å². The second-order valence-electron chi connectivity index (χ2n) is 3.23. The van der Waals surface area contributed by atoms with Crippen molar-refractivity contribution in [3.63, 3.8) is 0 Å². The molecule has 0 amide bonds. The van der Waals surface area contributed by atoms with Gasteiger partial charge in [-0.05, 0) is 24.3 Å². The highest BCUT2D eigenvalue weighted by molar-refractivity contribution is 8.05. The van der Waals surface area contributed by atoms with Crippen LogP contribution in [0.15, 0.2) is 24.3 Å². The Hall–Kier alpha value is -1.93. The number of carbonyl (C=O) groups is 2. The van der Waals surface area contributed by atoms with E-state index >= 15 is 0 Å². The Morgan fingerprint density at radius 3 is 2.28 bits per heavy atom. The number of sulfonamides is 1. The van der Waals surface area contributed by atoms with Crippen LogP contribution in [-0.2, 0) is 14.8 Å². The predicted octanol–water partition coefficient (Wildman–Crippen LogP) is -0.161. The second-order valence-corrected chi connectivity index (χ2v) is 4.90. The summed E-state index contributed by atoms with van der Waals surface area (Å²) in [6, 6.07) is 5.42. The highest BCUT2D eigenvalue weighted by atomic mass is 32.2. The summed E-state index contributed by atoms with van der Waals surface area (Å²) in [5, 5.41) is 7.15. The third kappa shape index (κ3) is 3.54. The molecule has 0 aromatic heterocycles. The largest absolute Gasteiger partial charge is 0.497 e. The van der Waals surface area contributed by atoms with E-state index < -0.39 is 27.7 Å². The van der Waals surface area contributed by atoms with Gasteiger partial charge in [-0.15, -0.1) is 0 Å². The Bertz CT molecular complexity index is 548. The molecule has 0 aliphatic carbocycles. The summed E-state index contributed by atoms with van der Waals surface area (Å²) in [6.45, 7) is -0.843. The van der Waals surface area contributed by atoms with Crippen molar-refractivity contribution in [1.29, 1.82) is 0 Å². The SMILES string of the molecule is COc1ccc(C(=O)S(=O)(=O)NCC(=O)O)cc1. The molecule has 98 valence electrons. The molecule has 7 nitrogen and oxygen atoms in total. The number of hydrogen-bond donors (Lipinski definition) is 2. The van der Waals surface area contributed by atoms with E-state index in [2.05, 4.69) is 0 Å². The third-order valence-electron chi connectivity index (χ3n) is 1.98. The Morgan fingerprint density at radius 2 is 1.83 bits per heavy atom. The van der Waals surface area contributed by atoms with Gasteiger partial charge < -0.3 is 9.84 Å². The molecule has 0 aliphatic heterocycles. The Kier molecular flexibility index (Phi) is 4.40. The van der Waals surface area contributed by atoms with Gasteiger partial charge in [0.05, 0.1) is 7.11 Å². The molecule has 1 rings (SSSR count). The van der Waals surface area contributed by atoms with E-state index in [0.29, 0.717) is 5.75 Å². The van der Waals surface area contributed by atoms with Crippen molar-refractivity contribution in [2.24, 2.45) is 0 Å². The predicted molar refractivity (Wildman–Crippen MR) is 61.9 cm³/mol. The zero-order valence-electron chi connectivity index (χ0n) is 9.41. The molecule has 0 bridgehead atoms. The maximum Gasteiger partial charge on any atom is 0.318 e. The maximum absolute atomic E-state index is 11.6. The Labute approximate surface area is 103 Å². The zero-order valence-corrected chi connectivity index (χ0v) is 10.2. The fourth-order valence-corrected chi connectivity index (χ4v) is 2.00. The molecule has 0 saturated carbocycles. The monoisotopic (exact) mass is 273 g/mol. The van der Waals surface area contributed by atoms with Gasteiger partial charge in [-0.3, -0.25) is 9.59 Å². The molecule has 18 heavy (non-hydrogen) atoms. The van der Waals surface area contributed by atoms with E-state index in [9.17, 15) is 18.0 Å². The van der Waals surface area contributed by atoms with Gasteiger partial charge >= 0.3 is 5.97 Å². The Morgan fingerprint density at radius 1 is 1.28 bits per heavy atom. The first-order chi connectivity index (χ1) is 8.36. The number of carboxylic acid groups (broad SMARTS) is 1. The summed E-state index contributed by atoms with van der Waals surface area (Å²) < 4.78 is 29.4. The molecule has 0 aliphatic rings. The molecule has 0 unspecified atom stereocenters. The normalized spacial score (nSPS) is 10.9. The van der Waals surface area contributed by atoms with Crippen LogP contribution in [0.1, 0.15) is 10.4 Å². The fourth-order valence-electron chi connectivity index (χ4n) is 1.10. The molecule has 0 radical (unpaired) electrons. The number of aliphatic carboxylic acids is 1. The van der Waals surface area contributed by atoms with Gasteiger partial charge in [0.2, 0.25) is 0 Å². The molecule has 8 heteroatoms. The van der Waals surface area contributed by atoms with Gasteiger partial charge in [-0.1, -0.05) is 0 Å². The molecule has 2 N–H and O–H groups in total. The zero-order chi connectivity index (χ0) is 13.8. The first-order valence-electron chi connectivity index (χ1n) is 4.76. The number of carboxylic acids is 1. The minimum atomic E-state index is -4.34. The second kappa shape index (κ2) is 5.61. The topological polar surface area (TPSA) is 110 Å². The van der Waals surface area contributed by atoms with Gasteiger partial charge in [0.15, 0.2) is 0 Å². The van der Waals surface area contributed by atoms with Gasteiger partial charge in [0, 0.05) is 5.56 Å². The lowest BCUT2D eigenvalue weighted by Gasteiger charge is -2.04. The van der Waals surface area contributed by atoms with Gasteiger partial charge in [0.25, 0.3) is 15.1 Å². The first kappa shape index (κ1) is 14.1. The smallest absolute Gasteiger partial charge is 0.318 e. The molecule has 1 aromatic rings. The first-order valence-corrected chi connectivity index (χ1v) is 6.25. The van der Waals surface area contributed by atoms with Crippen LogP contribution in [0.3, 0.4) is 0 Å². The minimum Gasteiger partial charge on any atom is -0.497 e. The molecule has 0 saturated heterocycles. The molecule has 0 spiro atoms. The summed E-state index contributed by atoms with van der Waals surface area (Å²) >= 11 is 0. The average Bonchev–Trinajstić information content (AvgIpc) is 2.36. The van der Waals surface area contributed by atoms with Crippen LogP contribution in [0, 0.1) is 0 Å². The number of nitrogens with one attached hydrogen (secondary N) is 1. The van der Waals surface area contributed by atoms with Crippen LogP contribution in [-0.4, -0.2) is 38.3 Å². The van der Waals surface area contributed by atoms with E-state index in [1.165, 1.54) is 31.4 Å². The van der Waals surface area contributed by atoms with Gasteiger partial charge in [-0.25, -0.2) is 8.42 Å². The van der Waals surface area contributed by atoms with Crippen LogP contribution < -0.4 is 9.46 Å². The maximum atomic E-state index is 11.6. The number of methoxy groups -OCH3 is 1. The lowest BCUT2D eigenvalue weighted by atomic mass is 10.2. The van der Waals surface area contributed by atoms with Gasteiger partial charge in [-0.2, -0.15) is 4.72 Å². The molecule has 0 fully saturated rings. The van der Waals surface area contributed by atoms with Crippen LogP contribution >= 0.6 is 0 Å². The van der Waals surface area contributed by atoms with Crippen molar-refractivity contribution in [3.05, 3.63) is 29.8 Å². The van der Waals surface area contributed by atoms with Crippen molar-refractivity contribution in [2.75, 3.05) is 13.7 Å². The lowest BCUT2D eigenvalue weighted by Crippen LogP contribution is -2.34. The van der Waals surface area contributed by atoms with Crippen molar-refractivity contribution in [2.45, 2.75) is 0 Å². The summed E-state index contributed by atoms with van der Waals surface area (Å²) in [4.78, 5) is 21.8. The molecule has 0 heterocycles. The van der Waals surface area contributed by atoms with Gasteiger partial charge in [0.1, 0.15) is 12.3 Å². The third-order valence-corrected chi connectivity index (χ3v) is 3.23. The summed E-state index contributed by atoms with van der Waals surface area (Å²) in [5.41, 5.74) is -0.0753. The van der Waals surface area contributed by atoms with Crippen LogP contribution in [0.2, 0.25) is 0 Å². The van der Waals surface area contributed by atoms with Crippen molar-refractivity contribution in [1.82, 2.24) is 4.72 Å². The average molecular weight is 273 g/mol. The standard InChI is InChI=1S/C10H11NO6S/c1-17-8-4-2-7(3-5-8)10(14)18(15,16)11-6-9(12)13/h2-5,11H,6H2,1H3,(H,12,13). The van der Waals surface area contributed by atoms with Crippen LogP contribution in [0.4, 0.5) is 0 Å². The fraction of sp³-hybridized carbons (Fsp3) is 0.200. The highest BCUT2D eigenvalue weighted by Crippen LogP contribution is 2.13. The van der Waals surface area contributed by atoms with Crippen molar-refractivity contribution >= 4 is 21.1 Å². The van der Waals surface area contributed by atoms with Crippen LogP contribution in [0.5, 0.6) is 5.75 Å². The number of ether oxygens (including phenoxy) is 1. The number of hydrogen-bond acceptors (Lipinski definition) is 5. The summed E-state index contributed by atoms with van der Waals surface area (Å²) in [5.74, 6) is -0.899. The highest BCUT2D eigenvalue weighted by Gasteiger charge is 2.24. The van der Waals surface area contributed by atoms with E-state index in [4.69, 9.17) is 9.84 Å². The Balaban J connectivity index is 2.88. The lowest BCUT2D eigenvalue weighted by molar-refractivity contribution is -0.135. The summed E-state index contributed by atoms with van der Waals surface area (Å²) in [7, 11) is -2.91. The minimum absolute atomic E-state index is 0.0753. The molecule has 1 aromatic carbocycles. The van der Waals surface area contributed by atoms with Crippen LogP contribution in [0.25, 0.3) is 0 Å². The summed E-state index contributed by atoms with van der Waals surface area (Å²) in [6.07, 6.45) is 0. The number of carbonyl (C=O) groups excluding carboxylic acids is 1. The molecular weight excluding hydrogens is 262 g/mol. The quantitative estimate of drug-likeness (QED) is 0.771. The van der Waals surface area contributed by atoms with E-state index in [1.54, 1.807) is 4.72 Å². The number of rotatable bonds is 5. The number of benzene rings is 1.